The van der Waals surface area contributed by atoms with Crippen LogP contribution in [0.3, 0.4) is 0 Å². The molecule has 2 aromatic rings. The van der Waals surface area contributed by atoms with E-state index in [4.69, 9.17) is 0 Å². The van der Waals surface area contributed by atoms with Crippen LogP contribution in [0.2, 0.25) is 0 Å². The number of quaternary nitrogens is 1. The fourth-order valence-electron chi connectivity index (χ4n) is 3.31. The van der Waals surface area contributed by atoms with Crippen LogP contribution in [-0.2, 0) is 11.8 Å². The third-order valence-electron chi connectivity index (χ3n) is 4.42. The highest BCUT2D eigenvalue weighted by Crippen LogP contribution is 2.19. The van der Waals surface area contributed by atoms with Gasteiger partial charge in [0.05, 0.1) is 17.9 Å². The summed E-state index contributed by atoms with van der Waals surface area (Å²) in [6.07, 6.45) is 4.09. The van der Waals surface area contributed by atoms with Crippen LogP contribution in [0.15, 0.2) is 36.5 Å². The van der Waals surface area contributed by atoms with E-state index in [1.165, 1.54) is 16.7 Å². The molecule has 2 atom stereocenters. The molecule has 1 saturated heterocycles. The molecule has 1 aliphatic rings. The number of likely N-dealkylation sites (tertiary alicyclic amines) is 1. The Labute approximate surface area is 133 Å². The first-order valence-electron chi connectivity index (χ1n) is 7.75. The summed E-state index contributed by atoms with van der Waals surface area (Å²) < 4.78 is 28.6. The van der Waals surface area contributed by atoms with Gasteiger partial charge in [-0.05, 0) is 24.3 Å². The highest BCUT2D eigenvalue weighted by Gasteiger charge is 2.33. The van der Waals surface area contributed by atoms with Crippen molar-refractivity contribution >= 4 is 11.6 Å². The smallest absolute Gasteiger partial charge is 0.279 e. The molecule has 1 fully saturated rings. The maximum Gasteiger partial charge on any atom is 0.279 e. The summed E-state index contributed by atoms with van der Waals surface area (Å²) in [7, 11) is 2.00. The molecule has 1 aliphatic heterocycles. The van der Waals surface area contributed by atoms with Crippen molar-refractivity contribution in [2.24, 2.45) is 7.05 Å². The second-order valence-corrected chi connectivity index (χ2v) is 6.00. The predicted octanol–water partition coefficient (Wildman–Crippen LogP) is 1.66. The zero-order valence-electron chi connectivity index (χ0n) is 13.0. The molecular weight excluding hydrogens is 300 g/mol. The van der Waals surface area contributed by atoms with Gasteiger partial charge in [-0.1, -0.05) is 0 Å². The van der Waals surface area contributed by atoms with Crippen LogP contribution < -0.4 is 10.2 Å². The summed E-state index contributed by atoms with van der Waals surface area (Å²) in [5, 5.41) is 2.54. The average Bonchev–Trinajstić information content (AvgIpc) is 3.10. The summed E-state index contributed by atoms with van der Waals surface area (Å²) in [5.41, 5.74) is 1.23. The summed E-state index contributed by atoms with van der Waals surface area (Å²) in [6, 6.07) is 7.50. The van der Waals surface area contributed by atoms with E-state index in [-0.39, 0.29) is 24.2 Å². The average molecular weight is 320 g/mol. The molecule has 1 amide bonds. The van der Waals surface area contributed by atoms with Gasteiger partial charge >= 0.3 is 0 Å². The van der Waals surface area contributed by atoms with Crippen molar-refractivity contribution < 1.29 is 18.5 Å². The van der Waals surface area contributed by atoms with Gasteiger partial charge in [-0.25, -0.2) is 8.78 Å². The second kappa shape index (κ2) is 6.50. The lowest BCUT2D eigenvalue weighted by Crippen LogP contribution is -3.11. The van der Waals surface area contributed by atoms with Crippen molar-refractivity contribution in [2.75, 3.05) is 18.4 Å². The molecule has 2 N–H and O–H groups in total. The minimum absolute atomic E-state index is 0.0189. The van der Waals surface area contributed by atoms with Crippen LogP contribution in [-0.4, -0.2) is 23.6 Å². The Morgan fingerprint density at radius 1 is 1.39 bits per heavy atom. The van der Waals surface area contributed by atoms with E-state index in [0.29, 0.717) is 0 Å². The van der Waals surface area contributed by atoms with Crippen LogP contribution in [0.25, 0.3) is 0 Å². The van der Waals surface area contributed by atoms with Crippen molar-refractivity contribution in [3.05, 3.63) is 53.9 Å². The number of nitrogens with one attached hydrogen (secondary N) is 2. The number of carbonyl (C=O) groups excluding carboxylic acids is 1. The first-order chi connectivity index (χ1) is 11.0. The van der Waals surface area contributed by atoms with E-state index in [1.54, 1.807) is 0 Å². The standard InChI is InChI=1S/C17H19F2N3O/c1-21-8-2-4-15(21)16-5-3-9-22(16)11-17(23)20-14-7-6-12(18)10-13(14)19/h2,4,6-8,10,16H,3,5,9,11H2,1H3,(H,20,23)/p+1/t16-/m0/s1. The minimum atomic E-state index is -0.756. The summed E-state index contributed by atoms with van der Waals surface area (Å²) in [4.78, 5) is 13.4. The van der Waals surface area contributed by atoms with Gasteiger partial charge in [0.2, 0.25) is 0 Å². The first kappa shape index (κ1) is 15.7. The molecule has 23 heavy (non-hydrogen) atoms. The van der Waals surface area contributed by atoms with Gasteiger partial charge in [0.1, 0.15) is 17.7 Å². The number of hydrogen-bond donors (Lipinski definition) is 2. The Morgan fingerprint density at radius 3 is 2.91 bits per heavy atom. The second-order valence-electron chi connectivity index (χ2n) is 6.00. The number of hydrogen-bond acceptors (Lipinski definition) is 1. The summed E-state index contributed by atoms with van der Waals surface area (Å²) >= 11 is 0. The predicted molar refractivity (Wildman–Crippen MR) is 83.1 cm³/mol. The molecule has 0 radical (unpaired) electrons. The van der Waals surface area contributed by atoms with Crippen molar-refractivity contribution in [1.82, 2.24) is 4.57 Å². The van der Waals surface area contributed by atoms with E-state index >= 15 is 0 Å². The molecular formula is C17H20F2N3O+. The van der Waals surface area contributed by atoms with Gasteiger partial charge in [0, 0.05) is 32.2 Å². The van der Waals surface area contributed by atoms with Crippen molar-refractivity contribution in [1.29, 1.82) is 0 Å². The van der Waals surface area contributed by atoms with Gasteiger partial charge in [0.25, 0.3) is 5.91 Å². The molecule has 6 heteroatoms. The lowest BCUT2D eigenvalue weighted by atomic mass is 10.1. The molecule has 0 bridgehead atoms. The number of nitrogens with zero attached hydrogens (tertiary/aromatic N) is 1. The molecule has 4 nitrogen and oxygen atoms in total. The van der Waals surface area contributed by atoms with Crippen molar-refractivity contribution in [3.63, 3.8) is 0 Å². The lowest BCUT2D eigenvalue weighted by molar-refractivity contribution is -0.910. The van der Waals surface area contributed by atoms with Gasteiger partial charge < -0.3 is 14.8 Å². The van der Waals surface area contributed by atoms with Crippen molar-refractivity contribution in [2.45, 2.75) is 18.9 Å². The van der Waals surface area contributed by atoms with E-state index in [0.717, 1.165) is 31.5 Å². The minimum Gasteiger partial charge on any atom is -0.350 e. The molecule has 122 valence electrons. The van der Waals surface area contributed by atoms with E-state index in [1.807, 2.05) is 19.3 Å². The molecule has 0 saturated carbocycles. The highest BCUT2D eigenvalue weighted by molar-refractivity contribution is 5.91. The quantitative estimate of drug-likeness (QED) is 0.883. The number of amides is 1. The van der Waals surface area contributed by atoms with E-state index in [9.17, 15) is 13.6 Å². The SMILES string of the molecule is Cn1cccc1[C@@H]1CCC[NH+]1CC(=O)Nc1ccc(F)cc1F. The number of rotatable bonds is 4. The molecule has 1 aromatic carbocycles. The van der Waals surface area contributed by atoms with Crippen LogP contribution in [0, 0.1) is 11.6 Å². The Morgan fingerprint density at radius 2 is 2.22 bits per heavy atom. The molecule has 3 rings (SSSR count). The zero-order valence-corrected chi connectivity index (χ0v) is 13.0. The van der Waals surface area contributed by atoms with Gasteiger partial charge in [0.15, 0.2) is 6.54 Å². The highest BCUT2D eigenvalue weighted by atomic mass is 19.1. The molecule has 0 spiro atoms. The van der Waals surface area contributed by atoms with Gasteiger partial charge in [-0.3, -0.25) is 4.79 Å². The van der Waals surface area contributed by atoms with Crippen LogP contribution >= 0.6 is 0 Å². The largest absolute Gasteiger partial charge is 0.350 e. The van der Waals surface area contributed by atoms with Crippen molar-refractivity contribution in [3.8, 4) is 0 Å². The van der Waals surface area contributed by atoms with Gasteiger partial charge in [-0.15, -0.1) is 0 Å². The van der Waals surface area contributed by atoms with E-state index in [2.05, 4.69) is 16.0 Å². The fourth-order valence-corrected chi connectivity index (χ4v) is 3.31. The Hall–Kier alpha value is -2.21. The maximum atomic E-state index is 13.6. The third-order valence-corrected chi connectivity index (χ3v) is 4.42. The van der Waals surface area contributed by atoms with E-state index < -0.39 is 11.6 Å². The third kappa shape index (κ3) is 3.42. The lowest BCUT2D eigenvalue weighted by Gasteiger charge is -2.21. The number of aromatic nitrogens is 1. The number of aryl methyl sites for hydroxylation is 1. The Balaban J connectivity index is 1.66. The van der Waals surface area contributed by atoms with Crippen LogP contribution in [0.5, 0.6) is 0 Å². The molecule has 1 unspecified atom stereocenters. The Bertz CT molecular complexity index is 714. The first-order valence-corrected chi connectivity index (χ1v) is 7.75. The summed E-state index contributed by atoms with van der Waals surface area (Å²) in [5.74, 6) is -1.67. The molecule has 2 heterocycles. The van der Waals surface area contributed by atoms with Crippen LogP contribution in [0.4, 0.5) is 14.5 Å². The maximum absolute atomic E-state index is 13.6. The van der Waals surface area contributed by atoms with Crippen LogP contribution in [0.1, 0.15) is 24.6 Å². The topological polar surface area (TPSA) is 38.5 Å². The van der Waals surface area contributed by atoms with Gasteiger partial charge in [-0.2, -0.15) is 0 Å². The Kier molecular flexibility index (Phi) is 4.43. The monoisotopic (exact) mass is 320 g/mol. The normalized spacial score (nSPS) is 20.7. The number of halogens is 2. The zero-order chi connectivity index (χ0) is 16.4. The number of benzene rings is 1. The fraction of sp³-hybridized carbons (Fsp3) is 0.353. The molecule has 1 aromatic heterocycles. The molecule has 0 aliphatic carbocycles. The summed E-state index contributed by atoms with van der Waals surface area (Å²) in [6.45, 7) is 1.18. The number of carbonyl (C=O) groups is 1. The number of anilines is 1.